The average molecular weight is 367 g/mol. The van der Waals surface area contributed by atoms with E-state index in [4.69, 9.17) is 0 Å². The summed E-state index contributed by atoms with van der Waals surface area (Å²) in [6, 6.07) is 3.94. The summed E-state index contributed by atoms with van der Waals surface area (Å²) >= 11 is 0. The molecule has 0 saturated heterocycles. The van der Waals surface area contributed by atoms with Gasteiger partial charge in [-0.15, -0.1) is 0 Å². The first-order chi connectivity index (χ1) is 13.0. The van der Waals surface area contributed by atoms with Crippen LogP contribution in [0.15, 0.2) is 37.1 Å². The van der Waals surface area contributed by atoms with E-state index >= 15 is 0 Å². The molecule has 0 aromatic carbocycles. The minimum absolute atomic E-state index is 0.0857. The third-order valence-corrected chi connectivity index (χ3v) is 4.83. The van der Waals surface area contributed by atoms with E-state index in [1.807, 2.05) is 56.4 Å². The van der Waals surface area contributed by atoms with Gasteiger partial charge in [-0.3, -0.25) is 4.79 Å². The molecule has 3 heterocycles. The number of hydrogen-bond donors (Lipinski definition) is 1. The van der Waals surface area contributed by atoms with Crippen molar-refractivity contribution < 1.29 is 4.79 Å². The van der Waals surface area contributed by atoms with E-state index in [0.29, 0.717) is 5.69 Å². The van der Waals surface area contributed by atoms with Crippen molar-refractivity contribution in [1.82, 2.24) is 18.7 Å². The zero-order chi connectivity index (χ0) is 19.4. The van der Waals surface area contributed by atoms with Gasteiger partial charge in [-0.25, -0.2) is 4.98 Å². The number of carbonyl (C=O) groups is 1. The van der Waals surface area contributed by atoms with E-state index in [-0.39, 0.29) is 5.91 Å². The predicted octanol–water partition coefficient (Wildman–Crippen LogP) is 3.71. The van der Waals surface area contributed by atoms with E-state index in [0.717, 1.165) is 36.3 Å². The van der Waals surface area contributed by atoms with Crippen LogP contribution in [0.5, 0.6) is 0 Å². The lowest BCUT2D eigenvalue weighted by Gasteiger charge is -2.03. The lowest BCUT2D eigenvalue weighted by atomic mass is 10.2. The van der Waals surface area contributed by atoms with Crippen LogP contribution in [0.2, 0.25) is 0 Å². The van der Waals surface area contributed by atoms with E-state index in [1.54, 1.807) is 0 Å². The molecule has 3 aromatic heterocycles. The molecule has 3 aromatic rings. The molecular weight excluding hydrogens is 338 g/mol. The molecule has 0 aliphatic heterocycles. The lowest BCUT2D eigenvalue weighted by Crippen LogP contribution is -2.14. The first-order valence-corrected chi connectivity index (χ1v) is 9.56. The Morgan fingerprint density at radius 2 is 1.93 bits per heavy atom. The molecule has 3 rings (SSSR count). The fourth-order valence-corrected chi connectivity index (χ4v) is 3.33. The number of nitrogens with one attached hydrogen (secondary N) is 1. The Hall–Kier alpha value is -2.76. The summed E-state index contributed by atoms with van der Waals surface area (Å²) in [5, 5.41) is 3.00. The van der Waals surface area contributed by atoms with Crippen molar-refractivity contribution in [2.75, 3.05) is 5.32 Å². The summed E-state index contributed by atoms with van der Waals surface area (Å²) in [5.41, 5.74) is 4.85. The quantitative estimate of drug-likeness (QED) is 0.660. The first kappa shape index (κ1) is 19.0. The van der Waals surface area contributed by atoms with Gasteiger partial charge in [0.05, 0.1) is 17.7 Å². The number of unbranched alkanes of at least 4 members (excludes halogenated alkanes) is 1. The lowest BCUT2D eigenvalue weighted by molar-refractivity contribution is 0.101. The number of hydrogen-bond acceptors (Lipinski definition) is 2. The van der Waals surface area contributed by atoms with Crippen molar-refractivity contribution >= 4 is 11.6 Å². The van der Waals surface area contributed by atoms with Crippen LogP contribution in [0, 0.1) is 6.92 Å². The topological polar surface area (TPSA) is 56.8 Å². The highest BCUT2D eigenvalue weighted by atomic mass is 16.1. The van der Waals surface area contributed by atoms with Gasteiger partial charge in [0, 0.05) is 44.9 Å². The van der Waals surface area contributed by atoms with Gasteiger partial charge in [0.1, 0.15) is 5.69 Å². The van der Waals surface area contributed by atoms with Crippen LogP contribution in [0.3, 0.4) is 0 Å². The van der Waals surface area contributed by atoms with Gasteiger partial charge in [-0.1, -0.05) is 13.3 Å². The van der Waals surface area contributed by atoms with E-state index < -0.39 is 0 Å². The van der Waals surface area contributed by atoms with Gasteiger partial charge in [-0.05, 0) is 43.9 Å². The highest BCUT2D eigenvalue weighted by Crippen LogP contribution is 2.17. The van der Waals surface area contributed by atoms with Crippen molar-refractivity contribution in [2.45, 2.75) is 46.1 Å². The van der Waals surface area contributed by atoms with Crippen LogP contribution in [0.1, 0.15) is 47.2 Å². The molecule has 0 aliphatic rings. The molecule has 0 aliphatic carbocycles. The van der Waals surface area contributed by atoms with Crippen LogP contribution in [0.25, 0.3) is 0 Å². The predicted molar refractivity (Wildman–Crippen MR) is 108 cm³/mol. The molecule has 0 saturated carbocycles. The van der Waals surface area contributed by atoms with Crippen molar-refractivity contribution in [2.24, 2.45) is 14.1 Å². The van der Waals surface area contributed by atoms with Gasteiger partial charge >= 0.3 is 0 Å². The maximum atomic E-state index is 12.5. The number of rotatable bonds is 8. The minimum Gasteiger partial charge on any atom is -0.352 e. The Bertz CT molecular complexity index is 915. The molecule has 0 fully saturated rings. The van der Waals surface area contributed by atoms with E-state index in [1.165, 1.54) is 18.5 Å². The molecule has 0 atom stereocenters. The number of nitrogens with zero attached hydrogens (tertiary/aromatic N) is 4. The maximum absolute atomic E-state index is 12.5. The number of imidazole rings is 1. The van der Waals surface area contributed by atoms with Gasteiger partial charge in [0.15, 0.2) is 0 Å². The Kier molecular flexibility index (Phi) is 5.84. The van der Waals surface area contributed by atoms with Crippen molar-refractivity contribution in [3.63, 3.8) is 0 Å². The number of amides is 1. The number of anilines is 1. The maximum Gasteiger partial charge on any atom is 0.272 e. The second kappa shape index (κ2) is 8.29. The molecule has 6 heteroatoms. The summed E-state index contributed by atoms with van der Waals surface area (Å²) < 4.78 is 6.08. The van der Waals surface area contributed by atoms with Gasteiger partial charge in [-0.2, -0.15) is 0 Å². The van der Waals surface area contributed by atoms with Gasteiger partial charge in [0.25, 0.3) is 5.91 Å². The minimum atomic E-state index is -0.0857. The summed E-state index contributed by atoms with van der Waals surface area (Å²) in [7, 11) is 3.90. The molecule has 144 valence electrons. The molecule has 0 unspecified atom stereocenters. The van der Waals surface area contributed by atoms with Crippen molar-refractivity contribution in [3.8, 4) is 0 Å². The molecule has 0 bridgehead atoms. The zero-order valence-corrected chi connectivity index (χ0v) is 16.7. The molecular formula is C21H29N5O. The van der Waals surface area contributed by atoms with Crippen LogP contribution in [-0.4, -0.2) is 24.6 Å². The SMILES string of the molecule is CCCCn1cnc(CCc2cc(NC(=O)c3cc(C)cn3C)cn2C)c1. The molecule has 0 radical (unpaired) electrons. The van der Waals surface area contributed by atoms with Gasteiger partial charge in [0.2, 0.25) is 0 Å². The fourth-order valence-electron chi connectivity index (χ4n) is 3.33. The Labute approximate surface area is 160 Å². The van der Waals surface area contributed by atoms with Gasteiger partial charge < -0.3 is 19.0 Å². The highest BCUT2D eigenvalue weighted by Gasteiger charge is 2.13. The standard InChI is InChI=1S/C21H29N5O/c1-5-6-9-26-14-17(22-15-26)7-8-19-11-18(13-24(19)3)23-21(27)20-10-16(2)12-25(20)4/h10-15H,5-9H2,1-4H3,(H,23,27). The normalized spacial score (nSPS) is 11.1. The van der Waals surface area contributed by atoms with Crippen LogP contribution < -0.4 is 5.32 Å². The highest BCUT2D eigenvalue weighted by molar-refractivity contribution is 6.03. The van der Waals surface area contributed by atoms with Crippen molar-refractivity contribution in [3.05, 3.63) is 59.7 Å². The largest absolute Gasteiger partial charge is 0.352 e. The number of carbonyl (C=O) groups excluding carboxylic acids is 1. The molecule has 6 nitrogen and oxygen atoms in total. The second-order valence-electron chi connectivity index (χ2n) is 7.26. The second-order valence-corrected chi connectivity index (χ2v) is 7.26. The Morgan fingerprint density at radius 1 is 1.11 bits per heavy atom. The third-order valence-electron chi connectivity index (χ3n) is 4.83. The van der Waals surface area contributed by atoms with Crippen LogP contribution in [-0.2, 0) is 33.5 Å². The monoisotopic (exact) mass is 367 g/mol. The molecule has 0 spiro atoms. The first-order valence-electron chi connectivity index (χ1n) is 9.56. The summed E-state index contributed by atoms with van der Waals surface area (Å²) in [6.45, 7) is 5.21. The summed E-state index contributed by atoms with van der Waals surface area (Å²) in [6.07, 6.45) is 12.1. The summed E-state index contributed by atoms with van der Waals surface area (Å²) in [5.74, 6) is -0.0857. The summed E-state index contributed by atoms with van der Waals surface area (Å²) in [4.78, 5) is 17.0. The van der Waals surface area contributed by atoms with Crippen molar-refractivity contribution in [1.29, 1.82) is 0 Å². The van der Waals surface area contributed by atoms with E-state index in [9.17, 15) is 4.79 Å². The third kappa shape index (κ3) is 4.70. The molecule has 27 heavy (non-hydrogen) atoms. The fraction of sp³-hybridized carbons (Fsp3) is 0.429. The van der Waals surface area contributed by atoms with Crippen LogP contribution in [0.4, 0.5) is 5.69 Å². The number of aryl methyl sites for hydroxylation is 6. The average Bonchev–Trinajstić information content (AvgIpc) is 3.30. The molecule has 1 amide bonds. The van der Waals surface area contributed by atoms with Crippen LogP contribution >= 0.6 is 0 Å². The molecule has 1 N–H and O–H groups in total. The number of aromatic nitrogens is 4. The Balaban J connectivity index is 1.60. The van der Waals surface area contributed by atoms with E-state index in [2.05, 4.69) is 32.6 Å². The smallest absolute Gasteiger partial charge is 0.272 e. The zero-order valence-electron chi connectivity index (χ0n) is 16.7. The Morgan fingerprint density at radius 3 is 2.63 bits per heavy atom.